The third-order valence-electron chi connectivity index (χ3n) is 7.57. The van der Waals surface area contributed by atoms with Gasteiger partial charge >= 0.3 is 0 Å². The van der Waals surface area contributed by atoms with E-state index in [1.807, 2.05) is 0 Å². The van der Waals surface area contributed by atoms with Gasteiger partial charge in [0.15, 0.2) is 0 Å². The van der Waals surface area contributed by atoms with Crippen molar-refractivity contribution in [1.29, 1.82) is 0 Å². The number of rotatable bonds is 10. The molecule has 2 saturated carbocycles. The number of ether oxygens (including phenoxy) is 1. The highest BCUT2D eigenvalue weighted by Crippen LogP contribution is 2.48. The van der Waals surface area contributed by atoms with Crippen LogP contribution in [0.4, 0.5) is 0 Å². The van der Waals surface area contributed by atoms with Crippen molar-refractivity contribution in [3.8, 4) is 0 Å². The van der Waals surface area contributed by atoms with Gasteiger partial charge in [-0.05, 0) is 86.9 Å². The van der Waals surface area contributed by atoms with E-state index in [1.165, 1.54) is 89.9 Å². The SMILES string of the molecule is CC(CCC1(OC2(CCC(C)CC(C)(C)C)CCCC2)CCCC1)CC(C)(C)C. The molecule has 0 bridgehead atoms. The molecule has 0 N–H and O–H groups in total. The van der Waals surface area contributed by atoms with Crippen molar-refractivity contribution < 1.29 is 4.74 Å². The van der Waals surface area contributed by atoms with Crippen LogP contribution in [0, 0.1) is 22.7 Å². The van der Waals surface area contributed by atoms with Crippen LogP contribution in [0.5, 0.6) is 0 Å². The molecule has 0 aromatic carbocycles. The van der Waals surface area contributed by atoms with Crippen LogP contribution in [0.15, 0.2) is 0 Å². The third kappa shape index (κ3) is 8.92. The van der Waals surface area contributed by atoms with Crippen LogP contribution >= 0.6 is 0 Å². The van der Waals surface area contributed by atoms with E-state index in [0.29, 0.717) is 10.8 Å². The molecule has 29 heavy (non-hydrogen) atoms. The second kappa shape index (κ2) is 10.1. The first-order valence-corrected chi connectivity index (χ1v) is 13.0. The van der Waals surface area contributed by atoms with Crippen molar-refractivity contribution in [3.05, 3.63) is 0 Å². The largest absolute Gasteiger partial charge is 0.369 e. The first-order valence-electron chi connectivity index (χ1n) is 13.0. The van der Waals surface area contributed by atoms with Crippen LogP contribution in [-0.2, 0) is 4.74 Å². The Morgan fingerprint density at radius 2 is 0.931 bits per heavy atom. The highest BCUT2D eigenvalue weighted by molar-refractivity contribution is 4.95. The summed E-state index contributed by atoms with van der Waals surface area (Å²) < 4.78 is 7.31. The number of hydrogen-bond acceptors (Lipinski definition) is 1. The normalized spacial score (nSPS) is 24.0. The lowest BCUT2D eigenvalue weighted by atomic mass is 9.80. The molecular weight excluding hydrogens is 352 g/mol. The average molecular weight is 407 g/mol. The summed E-state index contributed by atoms with van der Waals surface area (Å²) in [6.07, 6.45) is 18.7. The molecule has 2 rings (SSSR count). The molecular formula is C28H54O. The lowest BCUT2D eigenvalue weighted by Crippen LogP contribution is -2.42. The van der Waals surface area contributed by atoms with Crippen LogP contribution in [0.3, 0.4) is 0 Å². The predicted molar refractivity (Wildman–Crippen MR) is 128 cm³/mol. The summed E-state index contributed by atoms with van der Waals surface area (Å²) in [5, 5.41) is 0. The van der Waals surface area contributed by atoms with Gasteiger partial charge in [-0.3, -0.25) is 0 Å². The van der Waals surface area contributed by atoms with Gasteiger partial charge in [-0.15, -0.1) is 0 Å². The van der Waals surface area contributed by atoms with Crippen molar-refractivity contribution in [2.45, 2.75) is 156 Å². The molecule has 172 valence electrons. The van der Waals surface area contributed by atoms with Crippen LogP contribution in [0.2, 0.25) is 0 Å². The van der Waals surface area contributed by atoms with Crippen molar-refractivity contribution in [3.63, 3.8) is 0 Å². The summed E-state index contributed by atoms with van der Waals surface area (Å²) in [4.78, 5) is 0. The van der Waals surface area contributed by atoms with Gasteiger partial charge in [0.2, 0.25) is 0 Å². The summed E-state index contributed by atoms with van der Waals surface area (Å²) in [6, 6.07) is 0. The van der Waals surface area contributed by atoms with E-state index >= 15 is 0 Å². The first-order chi connectivity index (χ1) is 13.3. The fourth-order valence-electron chi connectivity index (χ4n) is 6.62. The van der Waals surface area contributed by atoms with Crippen LogP contribution in [-0.4, -0.2) is 11.2 Å². The Bertz CT molecular complexity index is 422. The fourth-order valence-corrected chi connectivity index (χ4v) is 6.62. The summed E-state index contributed by atoms with van der Waals surface area (Å²) >= 11 is 0. The molecule has 1 nitrogen and oxygen atoms in total. The smallest absolute Gasteiger partial charge is 0.0690 e. The van der Waals surface area contributed by atoms with Crippen LogP contribution < -0.4 is 0 Å². The fraction of sp³-hybridized carbons (Fsp3) is 1.00. The summed E-state index contributed by atoms with van der Waals surface area (Å²) in [5.41, 5.74) is 1.28. The predicted octanol–water partition coefficient (Wildman–Crippen LogP) is 9.33. The Kier molecular flexibility index (Phi) is 8.74. The molecule has 0 radical (unpaired) electrons. The minimum Gasteiger partial charge on any atom is -0.369 e. The maximum absolute atomic E-state index is 7.31. The van der Waals surface area contributed by atoms with Gasteiger partial charge in [0.05, 0.1) is 11.2 Å². The second-order valence-electron chi connectivity index (χ2n) is 13.7. The third-order valence-corrected chi connectivity index (χ3v) is 7.57. The van der Waals surface area contributed by atoms with Crippen molar-refractivity contribution in [2.75, 3.05) is 0 Å². The molecule has 0 amide bonds. The van der Waals surface area contributed by atoms with Gasteiger partial charge in [-0.25, -0.2) is 0 Å². The zero-order valence-electron chi connectivity index (χ0n) is 21.5. The Morgan fingerprint density at radius 3 is 1.21 bits per heavy atom. The van der Waals surface area contributed by atoms with Gasteiger partial charge in [-0.1, -0.05) is 81.1 Å². The van der Waals surface area contributed by atoms with E-state index in [4.69, 9.17) is 4.74 Å². The molecule has 0 aromatic rings. The number of hydrogen-bond donors (Lipinski definition) is 0. The van der Waals surface area contributed by atoms with E-state index in [-0.39, 0.29) is 11.2 Å². The van der Waals surface area contributed by atoms with E-state index in [0.717, 1.165) is 11.8 Å². The Hall–Kier alpha value is -0.0400. The van der Waals surface area contributed by atoms with Crippen molar-refractivity contribution in [1.82, 2.24) is 0 Å². The molecule has 0 saturated heterocycles. The quantitative estimate of drug-likeness (QED) is 0.351. The van der Waals surface area contributed by atoms with Crippen molar-refractivity contribution >= 4 is 0 Å². The molecule has 0 aromatic heterocycles. The van der Waals surface area contributed by atoms with E-state index in [9.17, 15) is 0 Å². The Balaban J connectivity index is 1.97. The van der Waals surface area contributed by atoms with Crippen LogP contribution in [0.1, 0.15) is 145 Å². The van der Waals surface area contributed by atoms with Gasteiger partial charge < -0.3 is 4.74 Å². The Morgan fingerprint density at radius 1 is 0.621 bits per heavy atom. The van der Waals surface area contributed by atoms with Crippen LogP contribution in [0.25, 0.3) is 0 Å². The standard InChI is InChI=1S/C28H54O/c1-23(21-25(3,4)5)13-19-27(15-9-10-16-27)29-28(17-11-12-18-28)20-14-24(2)22-26(6,7)8/h23-24H,9-22H2,1-8H3. The summed E-state index contributed by atoms with van der Waals surface area (Å²) in [7, 11) is 0. The lowest BCUT2D eigenvalue weighted by molar-refractivity contribution is -0.162. The van der Waals surface area contributed by atoms with Gasteiger partial charge in [0, 0.05) is 0 Å². The first kappa shape index (κ1) is 25.2. The zero-order chi connectivity index (χ0) is 21.8. The minimum absolute atomic E-state index is 0.198. The van der Waals surface area contributed by atoms with Gasteiger partial charge in [0.1, 0.15) is 0 Å². The highest BCUT2D eigenvalue weighted by Gasteiger charge is 2.45. The lowest BCUT2D eigenvalue weighted by Gasteiger charge is -2.42. The molecule has 2 fully saturated rings. The minimum atomic E-state index is 0.198. The molecule has 2 aliphatic rings. The highest BCUT2D eigenvalue weighted by atomic mass is 16.5. The zero-order valence-corrected chi connectivity index (χ0v) is 21.5. The molecule has 0 aliphatic heterocycles. The molecule has 2 atom stereocenters. The second-order valence-corrected chi connectivity index (χ2v) is 13.7. The van der Waals surface area contributed by atoms with Gasteiger partial charge in [-0.2, -0.15) is 0 Å². The average Bonchev–Trinajstić information content (AvgIpc) is 3.19. The maximum atomic E-state index is 7.31. The molecule has 1 heteroatoms. The van der Waals surface area contributed by atoms with E-state index < -0.39 is 0 Å². The van der Waals surface area contributed by atoms with E-state index in [1.54, 1.807) is 0 Å². The van der Waals surface area contributed by atoms with E-state index in [2.05, 4.69) is 55.4 Å². The topological polar surface area (TPSA) is 9.23 Å². The monoisotopic (exact) mass is 406 g/mol. The van der Waals surface area contributed by atoms with Gasteiger partial charge in [0.25, 0.3) is 0 Å². The van der Waals surface area contributed by atoms with Crippen molar-refractivity contribution in [2.24, 2.45) is 22.7 Å². The molecule has 2 aliphatic carbocycles. The molecule has 2 unspecified atom stereocenters. The maximum Gasteiger partial charge on any atom is 0.0690 e. The summed E-state index contributed by atoms with van der Waals surface area (Å²) in [6.45, 7) is 19.3. The summed E-state index contributed by atoms with van der Waals surface area (Å²) in [5.74, 6) is 1.62. The molecule has 0 spiro atoms. The Labute approximate surface area is 184 Å². The molecule has 0 heterocycles.